The van der Waals surface area contributed by atoms with Gasteiger partial charge in [-0.25, -0.2) is 4.68 Å². The van der Waals surface area contributed by atoms with Crippen molar-refractivity contribution < 1.29 is 4.79 Å². The molecule has 0 aliphatic rings. The van der Waals surface area contributed by atoms with E-state index in [2.05, 4.69) is 26.3 Å². The second-order valence-electron chi connectivity index (χ2n) is 7.15. The van der Waals surface area contributed by atoms with Gasteiger partial charge in [0.25, 0.3) is 0 Å². The highest BCUT2D eigenvalue weighted by Crippen LogP contribution is 2.23. The van der Waals surface area contributed by atoms with Crippen LogP contribution in [-0.4, -0.2) is 25.5 Å². The first-order chi connectivity index (χ1) is 14.6. The van der Waals surface area contributed by atoms with Crippen molar-refractivity contribution in [3.8, 4) is 16.9 Å². The molecular formula is C23H22BrN5O. The molecule has 0 saturated carbocycles. The summed E-state index contributed by atoms with van der Waals surface area (Å²) in [4.78, 5) is 12.7. The van der Waals surface area contributed by atoms with Crippen molar-refractivity contribution in [2.75, 3.05) is 0 Å². The summed E-state index contributed by atoms with van der Waals surface area (Å²) in [6, 6.07) is 20.0. The van der Waals surface area contributed by atoms with E-state index in [1.165, 1.54) is 0 Å². The average molecular weight is 464 g/mol. The van der Waals surface area contributed by atoms with Gasteiger partial charge in [-0.2, -0.15) is 10.2 Å². The topological polar surface area (TPSA) is 64.7 Å². The Hall–Kier alpha value is -3.19. The van der Waals surface area contributed by atoms with E-state index in [-0.39, 0.29) is 11.8 Å². The van der Waals surface area contributed by atoms with Crippen LogP contribution in [0.25, 0.3) is 16.9 Å². The largest absolute Gasteiger partial charge is 0.352 e. The number of aromatic nitrogens is 4. The van der Waals surface area contributed by atoms with E-state index in [0.29, 0.717) is 13.1 Å². The summed E-state index contributed by atoms with van der Waals surface area (Å²) < 4.78 is 4.52. The summed E-state index contributed by atoms with van der Waals surface area (Å²) in [7, 11) is 0. The van der Waals surface area contributed by atoms with E-state index in [1.807, 2.05) is 84.7 Å². The van der Waals surface area contributed by atoms with Crippen LogP contribution < -0.4 is 5.32 Å². The second kappa shape index (κ2) is 9.09. The van der Waals surface area contributed by atoms with Crippen molar-refractivity contribution in [3.05, 3.63) is 89.3 Å². The smallest absolute Gasteiger partial charge is 0.224 e. The maximum atomic E-state index is 12.7. The van der Waals surface area contributed by atoms with Crippen LogP contribution in [0.4, 0.5) is 0 Å². The van der Waals surface area contributed by atoms with Crippen LogP contribution >= 0.6 is 15.9 Å². The van der Waals surface area contributed by atoms with Gasteiger partial charge in [-0.3, -0.25) is 9.48 Å². The van der Waals surface area contributed by atoms with E-state index in [0.717, 1.165) is 27.0 Å². The van der Waals surface area contributed by atoms with Crippen LogP contribution in [0.3, 0.4) is 0 Å². The minimum absolute atomic E-state index is 0.0203. The highest BCUT2D eigenvalue weighted by molar-refractivity contribution is 9.10. The van der Waals surface area contributed by atoms with Crippen LogP contribution in [0.1, 0.15) is 12.5 Å². The molecule has 0 radical (unpaired) electrons. The fourth-order valence-corrected chi connectivity index (χ4v) is 3.58. The van der Waals surface area contributed by atoms with Gasteiger partial charge in [0.1, 0.15) is 0 Å². The number of nitrogens with zero attached hydrogens (tertiary/aromatic N) is 4. The van der Waals surface area contributed by atoms with E-state index in [1.54, 1.807) is 10.9 Å². The molecule has 1 amide bonds. The van der Waals surface area contributed by atoms with Crippen molar-refractivity contribution >= 4 is 21.8 Å². The lowest BCUT2D eigenvalue weighted by molar-refractivity contribution is -0.125. The third-order valence-corrected chi connectivity index (χ3v) is 5.23. The Morgan fingerprint density at radius 2 is 1.77 bits per heavy atom. The zero-order chi connectivity index (χ0) is 20.9. The van der Waals surface area contributed by atoms with Gasteiger partial charge in [-0.1, -0.05) is 55.5 Å². The van der Waals surface area contributed by atoms with Crippen molar-refractivity contribution in [2.45, 2.75) is 20.0 Å². The quantitative estimate of drug-likeness (QED) is 0.440. The van der Waals surface area contributed by atoms with Gasteiger partial charge >= 0.3 is 0 Å². The summed E-state index contributed by atoms with van der Waals surface area (Å²) in [6.45, 7) is 2.83. The summed E-state index contributed by atoms with van der Waals surface area (Å²) in [5, 5.41) is 12.1. The van der Waals surface area contributed by atoms with Gasteiger partial charge in [0, 0.05) is 30.1 Å². The van der Waals surface area contributed by atoms with Crippen molar-refractivity contribution in [1.82, 2.24) is 24.9 Å². The molecule has 30 heavy (non-hydrogen) atoms. The number of halogens is 1. The van der Waals surface area contributed by atoms with Crippen molar-refractivity contribution in [1.29, 1.82) is 0 Å². The minimum atomic E-state index is -0.207. The molecule has 7 heteroatoms. The summed E-state index contributed by atoms with van der Waals surface area (Å²) >= 11 is 3.38. The fraction of sp³-hybridized carbons (Fsp3) is 0.174. The Bertz CT molecular complexity index is 1120. The van der Waals surface area contributed by atoms with Crippen LogP contribution in [0, 0.1) is 5.92 Å². The number of benzene rings is 2. The zero-order valence-corrected chi connectivity index (χ0v) is 18.2. The molecule has 2 heterocycles. The van der Waals surface area contributed by atoms with Crippen molar-refractivity contribution in [2.24, 2.45) is 5.92 Å². The molecule has 0 saturated heterocycles. The highest BCUT2D eigenvalue weighted by Gasteiger charge is 2.17. The number of rotatable bonds is 7. The first-order valence-corrected chi connectivity index (χ1v) is 10.5. The van der Waals surface area contributed by atoms with Gasteiger partial charge < -0.3 is 5.32 Å². The zero-order valence-electron chi connectivity index (χ0n) is 16.6. The Balaban J connectivity index is 1.52. The molecule has 1 atom stereocenters. The molecule has 2 aromatic carbocycles. The van der Waals surface area contributed by atoms with E-state index >= 15 is 0 Å². The number of hydrogen-bond acceptors (Lipinski definition) is 3. The summed E-state index contributed by atoms with van der Waals surface area (Å²) in [5.41, 5.74) is 3.83. The SMILES string of the molecule is CC(Cn1cc(Br)cn1)C(=O)NCc1cn(-c2ccccc2)nc1-c1ccccc1. The third kappa shape index (κ3) is 4.68. The Morgan fingerprint density at radius 1 is 1.07 bits per heavy atom. The van der Waals surface area contributed by atoms with E-state index in [4.69, 9.17) is 5.10 Å². The van der Waals surface area contributed by atoms with E-state index in [9.17, 15) is 4.79 Å². The molecule has 2 aromatic heterocycles. The molecule has 0 aliphatic carbocycles. The molecule has 0 spiro atoms. The van der Waals surface area contributed by atoms with Crippen LogP contribution in [0.15, 0.2) is 83.7 Å². The number of amides is 1. The van der Waals surface area contributed by atoms with Crippen LogP contribution in [-0.2, 0) is 17.9 Å². The predicted octanol–water partition coefficient (Wildman–Crippen LogP) is 4.45. The van der Waals surface area contributed by atoms with Crippen LogP contribution in [0.5, 0.6) is 0 Å². The van der Waals surface area contributed by atoms with Crippen molar-refractivity contribution in [3.63, 3.8) is 0 Å². The molecule has 152 valence electrons. The summed E-state index contributed by atoms with van der Waals surface area (Å²) in [6.07, 6.45) is 5.56. The molecule has 1 N–H and O–H groups in total. The molecule has 1 unspecified atom stereocenters. The minimum Gasteiger partial charge on any atom is -0.352 e. The Labute approximate surface area is 183 Å². The van der Waals surface area contributed by atoms with Crippen LogP contribution in [0.2, 0.25) is 0 Å². The van der Waals surface area contributed by atoms with Gasteiger partial charge in [0.2, 0.25) is 5.91 Å². The van der Waals surface area contributed by atoms with Gasteiger partial charge in [0.15, 0.2) is 0 Å². The monoisotopic (exact) mass is 463 g/mol. The Morgan fingerprint density at radius 3 is 2.43 bits per heavy atom. The lowest BCUT2D eigenvalue weighted by Crippen LogP contribution is -2.31. The van der Waals surface area contributed by atoms with Gasteiger partial charge in [-0.05, 0) is 28.1 Å². The molecule has 6 nitrogen and oxygen atoms in total. The number of carbonyl (C=O) groups excluding carboxylic acids is 1. The molecule has 0 bridgehead atoms. The standard InChI is InChI=1S/C23H22BrN5O/c1-17(14-28-16-20(24)13-26-28)23(30)25-12-19-15-29(21-10-6-3-7-11-21)27-22(19)18-8-4-2-5-9-18/h2-11,13,15-17H,12,14H2,1H3,(H,25,30). The highest BCUT2D eigenvalue weighted by atomic mass is 79.9. The average Bonchev–Trinajstić information content (AvgIpc) is 3.39. The number of nitrogens with one attached hydrogen (secondary N) is 1. The lowest BCUT2D eigenvalue weighted by Gasteiger charge is -2.12. The molecule has 0 aliphatic heterocycles. The first-order valence-electron chi connectivity index (χ1n) is 9.75. The maximum Gasteiger partial charge on any atom is 0.224 e. The Kier molecular flexibility index (Phi) is 6.09. The third-order valence-electron chi connectivity index (χ3n) is 4.82. The fourth-order valence-electron chi connectivity index (χ4n) is 3.25. The lowest BCUT2D eigenvalue weighted by atomic mass is 10.1. The normalized spacial score (nSPS) is 11.9. The predicted molar refractivity (Wildman–Crippen MR) is 120 cm³/mol. The summed E-state index contributed by atoms with van der Waals surface area (Å²) in [5.74, 6) is -0.228. The number of carbonyl (C=O) groups is 1. The molecule has 0 fully saturated rings. The maximum absolute atomic E-state index is 12.7. The van der Waals surface area contributed by atoms with Gasteiger partial charge in [-0.15, -0.1) is 0 Å². The molecule has 4 rings (SSSR count). The van der Waals surface area contributed by atoms with E-state index < -0.39 is 0 Å². The molecular weight excluding hydrogens is 442 g/mol. The van der Waals surface area contributed by atoms with Gasteiger partial charge in [0.05, 0.1) is 34.5 Å². The number of para-hydroxylation sites is 1. The second-order valence-corrected chi connectivity index (χ2v) is 8.06. The molecule has 4 aromatic rings. The number of hydrogen-bond donors (Lipinski definition) is 1. The first kappa shape index (κ1) is 20.1.